The van der Waals surface area contributed by atoms with Crippen LogP contribution in [0.25, 0.3) is 11.3 Å². The van der Waals surface area contributed by atoms with E-state index in [0.717, 1.165) is 5.56 Å². The number of benzene rings is 2. The first-order valence-corrected chi connectivity index (χ1v) is 8.53. The second-order valence-corrected chi connectivity index (χ2v) is 7.33. The predicted octanol–water partition coefficient (Wildman–Crippen LogP) is 4.26. The maximum atomic E-state index is 12.9. The molecule has 4 rings (SSSR count). The average molecular weight is 348 g/mol. The lowest BCUT2D eigenvalue weighted by Gasteiger charge is -2.19. The lowest BCUT2D eigenvalue weighted by molar-refractivity contribution is 0.0947. The van der Waals surface area contributed by atoms with Crippen LogP contribution in [0.3, 0.4) is 0 Å². The highest BCUT2D eigenvalue weighted by atomic mass is 16.7. The Hall–Kier alpha value is -3.08. The van der Waals surface area contributed by atoms with Crippen LogP contribution in [0.5, 0.6) is 11.5 Å². The van der Waals surface area contributed by atoms with E-state index in [9.17, 15) is 4.79 Å². The van der Waals surface area contributed by atoms with Gasteiger partial charge in [-0.2, -0.15) is 9.78 Å². The van der Waals surface area contributed by atoms with Crippen LogP contribution in [0, 0.1) is 0 Å². The number of hydrogen-bond acceptors (Lipinski definition) is 4. The molecule has 0 unspecified atom stereocenters. The smallest absolute Gasteiger partial charge is 0.278 e. The Labute approximate surface area is 152 Å². The van der Waals surface area contributed by atoms with E-state index in [1.807, 2.05) is 48.5 Å². The van der Waals surface area contributed by atoms with Crippen LogP contribution in [0.2, 0.25) is 0 Å². The van der Waals surface area contributed by atoms with E-state index in [4.69, 9.17) is 9.47 Å². The van der Waals surface area contributed by atoms with E-state index < -0.39 is 0 Å². The number of carbonyl (C=O) groups excluding carboxylic acids is 1. The zero-order valence-corrected chi connectivity index (χ0v) is 15.0. The van der Waals surface area contributed by atoms with E-state index in [1.165, 1.54) is 10.2 Å². The summed E-state index contributed by atoms with van der Waals surface area (Å²) in [5.74, 6) is 1.23. The zero-order chi connectivity index (χ0) is 18.3. The Balaban J connectivity index is 1.67. The van der Waals surface area contributed by atoms with Crippen LogP contribution in [0.1, 0.15) is 36.7 Å². The molecule has 0 amide bonds. The van der Waals surface area contributed by atoms with Gasteiger partial charge < -0.3 is 9.47 Å². The van der Waals surface area contributed by atoms with Gasteiger partial charge in [0.2, 0.25) is 6.79 Å². The van der Waals surface area contributed by atoms with Crippen LogP contribution >= 0.6 is 0 Å². The topological polar surface area (TPSA) is 53.4 Å². The van der Waals surface area contributed by atoms with Crippen molar-refractivity contribution in [1.29, 1.82) is 0 Å². The quantitative estimate of drug-likeness (QED) is 0.694. The van der Waals surface area contributed by atoms with Gasteiger partial charge in [0.05, 0.1) is 11.9 Å². The van der Waals surface area contributed by atoms with Crippen molar-refractivity contribution in [2.75, 3.05) is 6.79 Å². The van der Waals surface area contributed by atoms with E-state index in [-0.39, 0.29) is 18.1 Å². The molecule has 132 valence electrons. The van der Waals surface area contributed by atoms with Crippen molar-refractivity contribution >= 4 is 5.91 Å². The summed E-state index contributed by atoms with van der Waals surface area (Å²) in [5, 5.41) is 4.23. The van der Waals surface area contributed by atoms with E-state index >= 15 is 0 Å². The van der Waals surface area contributed by atoms with E-state index in [1.54, 1.807) is 6.20 Å². The Kier molecular flexibility index (Phi) is 3.80. The first-order valence-electron chi connectivity index (χ1n) is 8.53. The summed E-state index contributed by atoms with van der Waals surface area (Å²) in [6.07, 6.45) is 1.63. The molecule has 5 nitrogen and oxygen atoms in total. The molecular formula is C21H20N2O3. The third kappa shape index (κ3) is 2.86. The molecule has 2 heterocycles. The second-order valence-electron chi connectivity index (χ2n) is 7.33. The molecule has 0 fully saturated rings. The standard InChI is InChI=1S/C21H20N2O3/c1-21(2,3)16-7-4-14(5-8-16)20(24)23-17(10-11-22-23)15-6-9-18-19(12-15)26-13-25-18/h4-12H,13H2,1-3H3. The molecule has 2 aromatic carbocycles. The summed E-state index contributed by atoms with van der Waals surface area (Å²) in [6.45, 7) is 6.66. The molecule has 0 spiro atoms. The molecule has 1 aliphatic rings. The molecule has 0 saturated carbocycles. The molecular weight excluding hydrogens is 328 g/mol. The third-order valence-corrected chi connectivity index (χ3v) is 4.50. The molecule has 1 aromatic heterocycles. The molecule has 0 radical (unpaired) electrons. The Bertz CT molecular complexity index is 966. The number of fused-ring (bicyclic) bond motifs is 1. The van der Waals surface area contributed by atoms with Crippen molar-refractivity contribution in [3.63, 3.8) is 0 Å². The van der Waals surface area contributed by atoms with Gasteiger partial charge in [-0.25, -0.2) is 0 Å². The first kappa shape index (κ1) is 16.4. The maximum Gasteiger partial charge on any atom is 0.278 e. The summed E-state index contributed by atoms with van der Waals surface area (Å²) >= 11 is 0. The number of rotatable bonds is 2. The SMILES string of the molecule is CC(C)(C)c1ccc(C(=O)n2nccc2-c2ccc3c(c2)OCO3)cc1. The molecule has 0 atom stereocenters. The maximum absolute atomic E-state index is 12.9. The number of carbonyl (C=O) groups is 1. The van der Waals surface area contributed by atoms with Crippen molar-refractivity contribution in [2.24, 2.45) is 0 Å². The fourth-order valence-corrected chi connectivity index (χ4v) is 2.97. The van der Waals surface area contributed by atoms with Crippen LogP contribution in [0.15, 0.2) is 54.7 Å². The summed E-state index contributed by atoms with van der Waals surface area (Å²) < 4.78 is 12.2. The molecule has 0 bridgehead atoms. The molecule has 26 heavy (non-hydrogen) atoms. The second kappa shape index (κ2) is 6.02. The van der Waals surface area contributed by atoms with Crippen LogP contribution in [0.4, 0.5) is 0 Å². The highest BCUT2D eigenvalue weighted by Gasteiger charge is 2.19. The van der Waals surface area contributed by atoms with Crippen molar-refractivity contribution in [1.82, 2.24) is 9.78 Å². The molecule has 3 aromatic rings. The van der Waals surface area contributed by atoms with Gasteiger partial charge in [-0.3, -0.25) is 4.79 Å². The van der Waals surface area contributed by atoms with Crippen LogP contribution in [-0.2, 0) is 5.41 Å². The van der Waals surface area contributed by atoms with Gasteiger partial charge in [0.1, 0.15) is 0 Å². The van der Waals surface area contributed by atoms with Gasteiger partial charge in [0.15, 0.2) is 11.5 Å². The lowest BCUT2D eigenvalue weighted by atomic mass is 9.87. The minimum Gasteiger partial charge on any atom is -0.454 e. The van der Waals surface area contributed by atoms with Crippen molar-refractivity contribution in [3.8, 4) is 22.8 Å². The fourth-order valence-electron chi connectivity index (χ4n) is 2.97. The average Bonchev–Trinajstić information content (AvgIpc) is 3.28. The Morgan fingerprint density at radius 3 is 2.46 bits per heavy atom. The predicted molar refractivity (Wildman–Crippen MR) is 98.7 cm³/mol. The lowest BCUT2D eigenvalue weighted by Crippen LogP contribution is -2.16. The Morgan fingerprint density at radius 1 is 1.00 bits per heavy atom. The first-order chi connectivity index (χ1) is 12.4. The number of ether oxygens (including phenoxy) is 2. The monoisotopic (exact) mass is 348 g/mol. The van der Waals surface area contributed by atoms with Gasteiger partial charge in [-0.15, -0.1) is 0 Å². The van der Waals surface area contributed by atoms with Gasteiger partial charge in [0, 0.05) is 11.1 Å². The summed E-state index contributed by atoms with van der Waals surface area (Å²) in [6, 6.07) is 15.1. The highest BCUT2D eigenvalue weighted by molar-refractivity contribution is 5.97. The number of aromatic nitrogens is 2. The molecule has 0 saturated heterocycles. The molecule has 0 N–H and O–H groups in total. The number of hydrogen-bond donors (Lipinski definition) is 0. The molecule has 0 aliphatic carbocycles. The number of nitrogens with zero attached hydrogens (tertiary/aromatic N) is 2. The zero-order valence-electron chi connectivity index (χ0n) is 15.0. The van der Waals surface area contributed by atoms with E-state index in [0.29, 0.717) is 22.8 Å². The summed E-state index contributed by atoms with van der Waals surface area (Å²) in [5.41, 5.74) is 3.40. The van der Waals surface area contributed by atoms with Gasteiger partial charge in [-0.05, 0) is 47.4 Å². The van der Waals surface area contributed by atoms with Crippen LogP contribution in [-0.4, -0.2) is 22.5 Å². The van der Waals surface area contributed by atoms with Gasteiger partial charge in [0.25, 0.3) is 5.91 Å². The molecule has 1 aliphatic heterocycles. The molecule has 5 heteroatoms. The van der Waals surface area contributed by atoms with Crippen molar-refractivity contribution in [2.45, 2.75) is 26.2 Å². The summed E-state index contributed by atoms with van der Waals surface area (Å²) in [4.78, 5) is 12.9. The minimum absolute atomic E-state index is 0.0466. The van der Waals surface area contributed by atoms with E-state index in [2.05, 4.69) is 25.9 Å². The third-order valence-electron chi connectivity index (χ3n) is 4.50. The highest BCUT2D eigenvalue weighted by Crippen LogP contribution is 2.36. The fraction of sp³-hybridized carbons (Fsp3) is 0.238. The largest absolute Gasteiger partial charge is 0.454 e. The van der Waals surface area contributed by atoms with Gasteiger partial charge in [-0.1, -0.05) is 32.9 Å². The van der Waals surface area contributed by atoms with Crippen molar-refractivity contribution in [3.05, 3.63) is 65.9 Å². The Morgan fingerprint density at radius 2 is 1.73 bits per heavy atom. The van der Waals surface area contributed by atoms with Gasteiger partial charge >= 0.3 is 0 Å². The summed E-state index contributed by atoms with van der Waals surface area (Å²) in [7, 11) is 0. The minimum atomic E-state index is -0.164. The van der Waals surface area contributed by atoms with Crippen molar-refractivity contribution < 1.29 is 14.3 Å². The van der Waals surface area contributed by atoms with Crippen LogP contribution < -0.4 is 9.47 Å². The normalized spacial score (nSPS) is 13.0.